The van der Waals surface area contributed by atoms with Crippen LogP contribution in [0.15, 0.2) is 66.9 Å². The van der Waals surface area contributed by atoms with Crippen molar-refractivity contribution in [2.45, 2.75) is 25.9 Å². The Morgan fingerprint density at radius 3 is 2.65 bits per heavy atom. The Labute approximate surface area is 151 Å². The SMILES string of the molecule is CCC1c2cccn2-c2ccccc2CN1C(=O)Nc1ccc(F)cc1. The molecule has 2 aromatic carbocycles. The van der Waals surface area contributed by atoms with Gasteiger partial charge in [-0.2, -0.15) is 0 Å². The molecule has 5 heteroatoms. The van der Waals surface area contributed by atoms with Crippen molar-refractivity contribution in [2.24, 2.45) is 0 Å². The lowest BCUT2D eigenvalue weighted by Crippen LogP contribution is -2.37. The maximum absolute atomic E-state index is 13.1. The first-order valence-corrected chi connectivity index (χ1v) is 8.76. The second kappa shape index (κ2) is 6.67. The van der Waals surface area contributed by atoms with Gasteiger partial charge in [0.25, 0.3) is 0 Å². The molecule has 2 heterocycles. The number of para-hydroxylation sites is 1. The standard InChI is InChI=1S/C21H20FN3O/c1-2-18-20-8-5-13-24(20)19-7-4-3-6-15(19)14-25(18)21(26)23-17-11-9-16(22)10-12-17/h3-13,18H,2,14H2,1H3,(H,23,26). The number of anilines is 1. The number of carbonyl (C=O) groups is 1. The first kappa shape index (κ1) is 16.4. The maximum Gasteiger partial charge on any atom is 0.322 e. The summed E-state index contributed by atoms with van der Waals surface area (Å²) in [6, 6.07) is 17.8. The number of hydrogen-bond donors (Lipinski definition) is 1. The molecule has 1 unspecified atom stereocenters. The van der Waals surface area contributed by atoms with Gasteiger partial charge in [0.05, 0.1) is 18.3 Å². The van der Waals surface area contributed by atoms with Crippen LogP contribution in [-0.4, -0.2) is 15.5 Å². The number of aromatic nitrogens is 1. The van der Waals surface area contributed by atoms with E-state index in [1.165, 1.54) is 12.1 Å². The minimum absolute atomic E-state index is 0.0437. The summed E-state index contributed by atoms with van der Waals surface area (Å²) in [4.78, 5) is 14.9. The van der Waals surface area contributed by atoms with Crippen LogP contribution in [-0.2, 0) is 6.54 Å². The first-order chi connectivity index (χ1) is 12.7. The summed E-state index contributed by atoms with van der Waals surface area (Å²) in [6.45, 7) is 2.60. The van der Waals surface area contributed by atoms with E-state index in [0.29, 0.717) is 12.2 Å². The Hall–Kier alpha value is -3.08. The fourth-order valence-electron chi connectivity index (χ4n) is 3.59. The zero-order valence-electron chi connectivity index (χ0n) is 14.5. The van der Waals surface area contributed by atoms with Crippen LogP contribution in [0.3, 0.4) is 0 Å². The molecule has 0 saturated carbocycles. The molecular weight excluding hydrogens is 329 g/mol. The average molecular weight is 349 g/mol. The highest BCUT2D eigenvalue weighted by atomic mass is 19.1. The van der Waals surface area contributed by atoms with Crippen molar-refractivity contribution in [1.29, 1.82) is 0 Å². The van der Waals surface area contributed by atoms with Crippen LogP contribution >= 0.6 is 0 Å². The van der Waals surface area contributed by atoms with Crippen LogP contribution in [0.1, 0.15) is 30.6 Å². The summed E-state index contributed by atoms with van der Waals surface area (Å²) >= 11 is 0. The van der Waals surface area contributed by atoms with Crippen LogP contribution in [0, 0.1) is 5.82 Å². The van der Waals surface area contributed by atoms with Gasteiger partial charge in [-0.25, -0.2) is 9.18 Å². The van der Waals surface area contributed by atoms with Crippen molar-refractivity contribution in [3.63, 3.8) is 0 Å². The molecular formula is C21H20FN3O. The van der Waals surface area contributed by atoms with Crippen molar-refractivity contribution >= 4 is 11.7 Å². The average Bonchev–Trinajstić information content (AvgIpc) is 3.08. The van der Waals surface area contributed by atoms with Crippen molar-refractivity contribution < 1.29 is 9.18 Å². The molecule has 0 bridgehead atoms. The Balaban J connectivity index is 1.71. The predicted molar refractivity (Wildman–Crippen MR) is 99.8 cm³/mol. The van der Waals surface area contributed by atoms with Gasteiger partial charge >= 0.3 is 6.03 Å². The second-order valence-electron chi connectivity index (χ2n) is 6.42. The topological polar surface area (TPSA) is 37.3 Å². The number of amides is 2. The highest BCUT2D eigenvalue weighted by Crippen LogP contribution is 2.34. The number of nitrogens with one attached hydrogen (secondary N) is 1. The largest absolute Gasteiger partial charge is 0.322 e. The molecule has 0 aliphatic carbocycles. The Bertz CT molecular complexity index is 932. The van der Waals surface area contributed by atoms with Gasteiger partial charge in [-0.05, 0) is 54.4 Å². The van der Waals surface area contributed by atoms with E-state index in [4.69, 9.17) is 0 Å². The van der Waals surface area contributed by atoms with Crippen LogP contribution in [0.2, 0.25) is 0 Å². The van der Waals surface area contributed by atoms with Gasteiger partial charge in [0, 0.05) is 17.6 Å². The molecule has 1 N–H and O–H groups in total. The fraction of sp³-hybridized carbons (Fsp3) is 0.190. The lowest BCUT2D eigenvalue weighted by Gasteiger charge is -2.29. The van der Waals surface area contributed by atoms with Gasteiger partial charge < -0.3 is 14.8 Å². The normalized spacial score (nSPS) is 15.8. The number of fused-ring (bicyclic) bond motifs is 3. The fourth-order valence-corrected chi connectivity index (χ4v) is 3.59. The number of rotatable bonds is 2. The molecule has 1 atom stereocenters. The van der Waals surface area contributed by atoms with Crippen molar-refractivity contribution in [3.8, 4) is 5.69 Å². The highest BCUT2D eigenvalue weighted by molar-refractivity contribution is 5.89. The molecule has 132 valence electrons. The maximum atomic E-state index is 13.1. The summed E-state index contributed by atoms with van der Waals surface area (Å²) < 4.78 is 15.3. The Kier molecular flexibility index (Phi) is 4.21. The summed E-state index contributed by atoms with van der Waals surface area (Å²) in [5, 5.41) is 2.90. The number of halogens is 1. The third-order valence-corrected chi connectivity index (χ3v) is 4.83. The van der Waals surface area contributed by atoms with E-state index in [1.54, 1.807) is 12.1 Å². The summed E-state index contributed by atoms with van der Waals surface area (Å²) in [7, 11) is 0. The minimum atomic E-state index is -0.323. The Morgan fingerprint density at radius 2 is 1.88 bits per heavy atom. The molecule has 0 spiro atoms. The van der Waals surface area contributed by atoms with E-state index >= 15 is 0 Å². The molecule has 3 aromatic rings. The van der Waals surface area contributed by atoms with Crippen LogP contribution < -0.4 is 5.32 Å². The zero-order valence-corrected chi connectivity index (χ0v) is 14.5. The molecule has 4 rings (SSSR count). The van der Waals surface area contributed by atoms with Crippen molar-refractivity contribution in [3.05, 3.63) is 83.9 Å². The Morgan fingerprint density at radius 1 is 1.12 bits per heavy atom. The number of nitrogens with zero attached hydrogens (tertiary/aromatic N) is 2. The quantitative estimate of drug-likeness (QED) is 0.685. The predicted octanol–water partition coefficient (Wildman–Crippen LogP) is 5.12. The summed E-state index contributed by atoms with van der Waals surface area (Å²) in [6.07, 6.45) is 2.84. The molecule has 1 aliphatic rings. The third kappa shape index (κ3) is 2.86. The number of hydrogen-bond acceptors (Lipinski definition) is 1. The van der Waals surface area contributed by atoms with Gasteiger partial charge in [0.1, 0.15) is 5.82 Å². The van der Waals surface area contributed by atoms with E-state index in [9.17, 15) is 9.18 Å². The molecule has 26 heavy (non-hydrogen) atoms. The second-order valence-corrected chi connectivity index (χ2v) is 6.42. The monoisotopic (exact) mass is 349 g/mol. The van der Waals surface area contributed by atoms with Gasteiger partial charge in [-0.15, -0.1) is 0 Å². The van der Waals surface area contributed by atoms with Crippen molar-refractivity contribution in [1.82, 2.24) is 9.47 Å². The van der Waals surface area contributed by atoms with Crippen LogP contribution in [0.4, 0.5) is 14.9 Å². The minimum Gasteiger partial charge on any atom is -0.318 e. The molecule has 0 radical (unpaired) electrons. The van der Waals surface area contributed by atoms with E-state index in [2.05, 4.69) is 35.0 Å². The highest BCUT2D eigenvalue weighted by Gasteiger charge is 2.30. The first-order valence-electron chi connectivity index (χ1n) is 8.76. The van der Waals surface area contributed by atoms with Crippen molar-refractivity contribution in [2.75, 3.05) is 5.32 Å². The summed E-state index contributed by atoms with van der Waals surface area (Å²) in [5.74, 6) is -0.323. The van der Waals surface area contributed by atoms with Crippen LogP contribution in [0.25, 0.3) is 5.69 Å². The molecule has 4 nitrogen and oxygen atoms in total. The zero-order chi connectivity index (χ0) is 18.1. The van der Waals surface area contributed by atoms with Gasteiger partial charge in [0.15, 0.2) is 0 Å². The smallest absolute Gasteiger partial charge is 0.318 e. The van der Waals surface area contributed by atoms with Gasteiger partial charge in [-0.1, -0.05) is 25.1 Å². The number of urea groups is 1. The van der Waals surface area contributed by atoms with Gasteiger partial charge in [0.2, 0.25) is 0 Å². The number of benzene rings is 2. The molecule has 0 saturated heterocycles. The van der Waals surface area contributed by atoms with E-state index in [1.807, 2.05) is 29.3 Å². The third-order valence-electron chi connectivity index (χ3n) is 4.83. The van der Waals surface area contributed by atoms with Gasteiger partial charge in [-0.3, -0.25) is 0 Å². The summed E-state index contributed by atoms with van der Waals surface area (Å²) in [5.41, 5.74) is 3.86. The number of carbonyl (C=O) groups excluding carboxylic acids is 1. The lowest BCUT2D eigenvalue weighted by molar-refractivity contribution is 0.181. The lowest BCUT2D eigenvalue weighted by atomic mass is 10.1. The van der Waals surface area contributed by atoms with E-state index < -0.39 is 0 Å². The van der Waals surface area contributed by atoms with E-state index in [-0.39, 0.29) is 17.9 Å². The van der Waals surface area contributed by atoms with E-state index in [0.717, 1.165) is 23.4 Å². The van der Waals surface area contributed by atoms with Crippen LogP contribution in [0.5, 0.6) is 0 Å². The molecule has 1 aromatic heterocycles. The molecule has 0 fully saturated rings. The molecule has 1 aliphatic heterocycles. The molecule has 2 amide bonds.